The minimum atomic E-state index is -0.470. The summed E-state index contributed by atoms with van der Waals surface area (Å²) in [6, 6.07) is -1.08. The second kappa shape index (κ2) is 7.11. The third kappa shape index (κ3) is 3.51. The van der Waals surface area contributed by atoms with E-state index in [4.69, 9.17) is 0 Å². The standard InChI is InChI=1S/C20H28N4O5/c1-2-3-8-23-15(26)9-16(27)24(18(23)29)13-4-6-19(7-5-13)11-20(12-19)10-14(25)21-17(28)22-20/h13H,2-12H2,1H3,(H2,21,22,25,28). The van der Waals surface area contributed by atoms with Gasteiger partial charge in [-0.3, -0.25) is 29.5 Å². The summed E-state index contributed by atoms with van der Waals surface area (Å²) in [6.07, 6.45) is 6.27. The van der Waals surface area contributed by atoms with Gasteiger partial charge in [-0.15, -0.1) is 0 Å². The third-order valence-electron chi connectivity index (χ3n) is 6.98. The van der Waals surface area contributed by atoms with Gasteiger partial charge in [0.25, 0.3) is 0 Å². The molecule has 2 heterocycles. The van der Waals surface area contributed by atoms with Crippen molar-refractivity contribution in [3.63, 3.8) is 0 Å². The predicted molar refractivity (Wildman–Crippen MR) is 101 cm³/mol. The molecule has 0 atom stereocenters. The van der Waals surface area contributed by atoms with E-state index in [2.05, 4.69) is 10.6 Å². The number of unbranched alkanes of at least 4 members (excludes halogenated alkanes) is 1. The number of carbonyl (C=O) groups is 5. The zero-order valence-electron chi connectivity index (χ0n) is 16.8. The Hall–Kier alpha value is -2.45. The van der Waals surface area contributed by atoms with Crippen molar-refractivity contribution in [1.29, 1.82) is 0 Å². The number of hydrogen-bond donors (Lipinski definition) is 2. The van der Waals surface area contributed by atoms with Gasteiger partial charge in [0.05, 0.1) is 12.0 Å². The Balaban J connectivity index is 1.38. The molecule has 4 aliphatic rings. The largest absolute Gasteiger partial charge is 0.333 e. The molecular weight excluding hydrogens is 376 g/mol. The summed E-state index contributed by atoms with van der Waals surface area (Å²) in [6.45, 7) is 2.35. The monoisotopic (exact) mass is 404 g/mol. The van der Waals surface area contributed by atoms with Crippen LogP contribution in [0.4, 0.5) is 9.59 Å². The van der Waals surface area contributed by atoms with Gasteiger partial charge in [-0.05, 0) is 50.4 Å². The third-order valence-corrected chi connectivity index (χ3v) is 6.98. The summed E-state index contributed by atoms with van der Waals surface area (Å²) in [5.41, 5.74) is -0.382. The molecule has 0 bridgehead atoms. The number of urea groups is 2. The first-order valence-electron chi connectivity index (χ1n) is 10.5. The SMILES string of the molecule is CCCCN1C(=O)CC(=O)N(C2CCC3(CC2)CC2(CC(=O)NC(=O)N2)C3)C1=O. The van der Waals surface area contributed by atoms with Crippen molar-refractivity contribution in [3.8, 4) is 0 Å². The summed E-state index contributed by atoms with van der Waals surface area (Å²) in [4.78, 5) is 63.3. The maximum absolute atomic E-state index is 12.8. The molecule has 9 nitrogen and oxygen atoms in total. The van der Waals surface area contributed by atoms with Gasteiger partial charge >= 0.3 is 12.1 Å². The number of rotatable bonds is 4. The van der Waals surface area contributed by atoms with Gasteiger partial charge < -0.3 is 5.32 Å². The Morgan fingerprint density at radius 2 is 1.72 bits per heavy atom. The topological polar surface area (TPSA) is 116 Å². The fourth-order valence-electron chi connectivity index (χ4n) is 5.77. The fourth-order valence-corrected chi connectivity index (χ4v) is 5.77. The van der Waals surface area contributed by atoms with Crippen LogP contribution in [0.3, 0.4) is 0 Å². The molecule has 2 aliphatic heterocycles. The smallest absolute Gasteiger partial charge is 0.332 e. The summed E-state index contributed by atoms with van der Waals surface area (Å²) in [5, 5.41) is 5.19. The summed E-state index contributed by atoms with van der Waals surface area (Å²) in [7, 11) is 0. The highest BCUT2D eigenvalue weighted by molar-refractivity contribution is 6.14. The lowest BCUT2D eigenvalue weighted by atomic mass is 9.50. The van der Waals surface area contributed by atoms with Gasteiger partial charge in [-0.1, -0.05) is 13.3 Å². The predicted octanol–water partition coefficient (Wildman–Crippen LogP) is 1.66. The normalized spacial score (nSPS) is 35.1. The number of carbonyl (C=O) groups excluding carboxylic acids is 5. The van der Waals surface area contributed by atoms with Gasteiger partial charge in [-0.2, -0.15) is 0 Å². The van der Waals surface area contributed by atoms with Crippen LogP contribution in [0.1, 0.15) is 71.1 Å². The number of nitrogens with zero attached hydrogens (tertiary/aromatic N) is 2. The van der Waals surface area contributed by atoms with E-state index < -0.39 is 29.4 Å². The second-order valence-electron chi connectivity index (χ2n) is 9.17. The van der Waals surface area contributed by atoms with Gasteiger partial charge in [0.1, 0.15) is 6.42 Å². The molecule has 29 heavy (non-hydrogen) atoms. The lowest BCUT2D eigenvalue weighted by Crippen LogP contribution is -2.69. The van der Waals surface area contributed by atoms with Crippen LogP contribution in [0.5, 0.6) is 0 Å². The van der Waals surface area contributed by atoms with Crippen LogP contribution < -0.4 is 10.6 Å². The molecule has 2 saturated carbocycles. The van der Waals surface area contributed by atoms with Crippen LogP contribution in [0.25, 0.3) is 0 Å². The highest BCUT2D eigenvalue weighted by Gasteiger charge is 2.58. The minimum absolute atomic E-state index is 0.0565. The van der Waals surface area contributed by atoms with E-state index >= 15 is 0 Å². The van der Waals surface area contributed by atoms with Crippen LogP contribution >= 0.6 is 0 Å². The Morgan fingerprint density at radius 3 is 2.34 bits per heavy atom. The van der Waals surface area contributed by atoms with E-state index in [1.165, 1.54) is 9.80 Å². The molecule has 2 N–H and O–H groups in total. The maximum Gasteiger partial charge on any atom is 0.333 e. The van der Waals surface area contributed by atoms with Gasteiger partial charge in [0, 0.05) is 12.6 Å². The average Bonchev–Trinajstić information content (AvgIpc) is 2.61. The highest BCUT2D eigenvalue weighted by atomic mass is 16.2. The average molecular weight is 404 g/mol. The van der Waals surface area contributed by atoms with Crippen LogP contribution in [0.15, 0.2) is 0 Å². The summed E-state index contributed by atoms with van der Waals surface area (Å²) >= 11 is 0. The van der Waals surface area contributed by atoms with Gasteiger partial charge in [0.2, 0.25) is 17.7 Å². The first-order valence-corrected chi connectivity index (χ1v) is 10.5. The molecule has 0 aromatic carbocycles. The molecule has 4 rings (SSSR count). The fraction of sp³-hybridized carbons (Fsp3) is 0.750. The number of hydrogen-bond acceptors (Lipinski definition) is 5. The lowest BCUT2D eigenvalue weighted by molar-refractivity contribution is -0.146. The molecule has 158 valence electrons. The van der Waals surface area contributed by atoms with E-state index in [1.54, 1.807) is 0 Å². The van der Waals surface area contributed by atoms with Crippen LogP contribution in [0, 0.1) is 5.41 Å². The van der Waals surface area contributed by atoms with E-state index in [-0.39, 0.29) is 23.8 Å². The van der Waals surface area contributed by atoms with Crippen LogP contribution in [0.2, 0.25) is 0 Å². The first-order chi connectivity index (χ1) is 13.8. The number of barbiturate groups is 1. The lowest BCUT2D eigenvalue weighted by Gasteiger charge is -2.60. The molecule has 0 aromatic heterocycles. The minimum Gasteiger partial charge on any atom is -0.332 e. The summed E-state index contributed by atoms with van der Waals surface area (Å²) in [5.74, 6) is -1.03. The second-order valence-corrected chi connectivity index (χ2v) is 9.17. The van der Waals surface area contributed by atoms with Gasteiger partial charge in [0.15, 0.2) is 0 Å². The Morgan fingerprint density at radius 1 is 1.03 bits per heavy atom. The molecule has 2 spiro atoms. The van der Waals surface area contributed by atoms with Crippen molar-refractivity contribution in [1.82, 2.24) is 20.4 Å². The molecule has 9 heteroatoms. The van der Waals surface area contributed by atoms with E-state index in [0.717, 1.165) is 38.5 Å². The molecule has 0 unspecified atom stereocenters. The number of amides is 7. The van der Waals surface area contributed by atoms with Crippen molar-refractivity contribution in [3.05, 3.63) is 0 Å². The number of imide groups is 3. The highest BCUT2D eigenvalue weighted by Crippen LogP contribution is 2.58. The first kappa shape index (κ1) is 19.8. The zero-order valence-corrected chi connectivity index (χ0v) is 16.8. The Labute approximate surface area is 169 Å². The Bertz CT molecular complexity index is 745. The molecule has 7 amide bonds. The van der Waals surface area contributed by atoms with E-state index in [9.17, 15) is 24.0 Å². The van der Waals surface area contributed by atoms with E-state index in [0.29, 0.717) is 25.8 Å². The zero-order chi connectivity index (χ0) is 20.8. The van der Waals surface area contributed by atoms with Crippen molar-refractivity contribution in [2.45, 2.75) is 82.7 Å². The van der Waals surface area contributed by atoms with Crippen LogP contribution in [-0.2, 0) is 14.4 Å². The van der Waals surface area contributed by atoms with Crippen molar-refractivity contribution in [2.75, 3.05) is 6.54 Å². The molecular formula is C20H28N4O5. The molecule has 4 fully saturated rings. The van der Waals surface area contributed by atoms with Crippen LogP contribution in [-0.4, -0.2) is 57.7 Å². The Kier molecular flexibility index (Phi) is 4.86. The van der Waals surface area contributed by atoms with Gasteiger partial charge in [-0.25, -0.2) is 9.59 Å². The molecule has 2 saturated heterocycles. The number of nitrogens with one attached hydrogen (secondary N) is 2. The van der Waals surface area contributed by atoms with Crippen molar-refractivity contribution < 1.29 is 24.0 Å². The molecule has 0 radical (unpaired) electrons. The van der Waals surface area contributed by atoms with Crippen molar-refractivity contribution >= 4 is 29.8 Å². The maximum atomic E-state index is 12.8. The van der Waals surface area contributed by atoms with Crippen molar-refractivity contribution in [2.24, 2.45) is 5.41 Å². The summed E-state index contributed by atoms with van der Waals surface area (Å²) < 4.78 is 0. The quantitative estimate of drug-likeness (QED) is 0.692. The molecule has 0 aromatic rings. The molecule has 2 aliphatic carbocycles. The van der Waals surface area contributed by atoms with E-state index in [1.807, 2.05) is 6.92 Å².